The van der Waals surface area contributed by atoms with Crippen molar-refractivity contribution in [3.8, 4) is 0 Å². The molecule has 1 aromatic rings. The molecule has 88 valence electrons. The standard InChI is InChI=1S/C13H20N2O/c1-10(11-5-7-14-8-6-11)9-15-12(16)13(2,3)4/h5-8,10H,9H2,1-4H3,(H,15,16). The predicted molar refractivity (Wildman–Crippen MR) is 65.1 cm³/mol. The van der Waals surface area contributed by atoms with Gasteiger partial charge in [0.05, 0.1) is 0 Å². The number of nitrogens with one attached hydrogen (secondary N) is 1. The van der Waals surface area contributed by atoms with Gasteiger partial charge in [-0.05, 0) is 23.6 Å². The maximum absolute atomic E-state index is 11.7. The Hall–Kier alpha value is -1.38. The Bertz CT molecular complexity index is 341. The average Bonchev–Trinajstić information content (AvgIpc) is 2.25. The second kappa shape index (κ2) is 5.10. The molecule has 1 amide bonds. The van der Waals surface area contributed by atoms with Crippen LogP contribution in [0.2, 0.25) is 0 Å². The predicted octanol–water partition coefficient (Wildman–Crippen LogP) is 2.35. The monoisotopic (exact) mass is 220 g/mol. The van der Waals surface area contributed by atoms with Gasteiger partial charge in [0, 0.05) is 24.4 Å². The molecule has 1 atom stereocenters. The van der Waals surface area contributed by atoms with Crippen LogP contribution >= 0.6 is 0 Å². The van der Waals surface area contributed by atoms with Crippen LogP contribution in [0.3, 0.4) is 0 Å². The molecular weight excluding hydrogens is 200 g/mol. The average molecular weight is 220 g/mol. The molecule has 0 aromatic carbocycles. The molecule has 0 fully saturated rings. The van der Waals surface area contributed by atoms with Crippen molar-refractivity contribution in [2.75, 3.05) is 6.54 Å². The molecule has 0 spiro atoms. The molecule has 1 N–H and O–H groups in total. The molecule has 3 heteroatoms. The molecule has 1 heterocycles. The summed E-state index contributed by atoms with van der Waals surface area (Å²) in [5.74, 6) is 0.405. The minimum absolute atomic E-state index is 0.0911. The van der Waals surface area contributed by atoms with E-state index in [4.69, 9.17) is 0 Å². The highest BCUT2D eigenvalue weighted by Crippen LogP contribution is 2.15. The maximum atomic E-state index is 11.7. The molecule has 0 saturated carbocycles. The Balaban J connectivity index is 2.48. The van der Waals surface area contributed by atoms with E-state index < -0.39 is 0 Å². The molecule has 3 nitrogen and oxygen atoms in total. The quantitative estimate of drug-likeness (QED) is 0.849. The zero-order valence-corrected chi connectivity index (χ0v) is 10.4. The van der Waals surface area contributed by atoms with Gasteiger partial charge in [0.15, 0.2) is 0 Å². The highest BCUT2D eigenvalue weighted by Gasteiger charge is 2.21. The Morgan fingerprint density at radius 2 is 1.94 bits per heavy atom. The van der Waals surface area contributed by atoms with Crippen molar-refractivity contribution in [1.82, 2.24) is 10.3 Å². The first-order chi connectivity index (χ1) is 7.41. The van der Waals surface area contributed by atoms with Gasteiger partial charge in [-0.1, -0.05) is 27.7 Å². The fourth-order valence-electron chi connectivity index (χ4n) is 1.32. The molecule has 16 heavy (non-hydrogen) atoms. The summed E-state index contributed by atoms with van der Waals surface area (Å²) in [6, 6.07) is 3.96. The van der Waals surface area contributed by atoms with Crippen molar-refractivity contribution in [2.24, 2.45) is 5.41 Å². The number of amides is 1. The van der Waals surface area contributed by atoms with Crippen LogP contribution in [0.15, 0.2) is 24.5 Å². The largest absolute Gasteiger partial charge is 0.355 e. The van der Waals surface area contributed by atoms with Crippen molar-refractivity contribution < 1.29 is 4.79 Å². The van der Waals surface area contributed by atoms with E-state index >= 15 is 0 Å². The lowest BCUT2D eigenvalue weighted by Gasteiger charge is -2.20. The van der Waals surface area contributed by atoms with Crippen LogP contribution in [0.4, 0.5) is 0 Å². The highest BCUT2D eigenvalue weighted by atomic mass is 16.2. The van der Waals surface area contributed by atoms with Crippen LogP contribution in [0.5, 0.6) is 0 Å². The van der Waals surface area contributed by atoms with E-state index in [9.17, 15) is 4.79 Å². The minimum Gasteiger partial charge on any atom is -0.355 e. The van der Waals surface area contributed by atoms with E-state index in [0.29, 0.717) is 12.5 Å². The molecule has 1 aromatic heterocycles. The normalized spacial score (nSPS) is 13.2. The van der Waals surface area contributed by atoms with Crippen molar-refractivity contribution in [3.05, 3.63) is 30.1 Å². The fraction of sp³-hybridized carbons (Fsp3) is 0.538. The minimum atomic E-state index is -0.321. The molecule has 0 aliphatic heterocycles. The van der Waals surface area contributed by atoms with Crippen LogP contribution in [-0.2, 0) is 4.79 Å². The molecule has 0 aliphatic carbocycles. The van der Waals surface area contributed by atoms with Crippen molar-refractivity contribution in [3.63, 3.8) is 0 Å². The molecule has 0 bridgehead atoms. The summed E-state index contributed by atoms with van der Waals surface area (Å²) in [5, 5.41) is 2.96. The van der Waals surface area contributed by atoms with E-state index in [1.165, 1.54) is 5.56 Å². The first kappa shape index (κ1) is 12.7. The highest BCUT2D eigenvalue weighted by molar-refractivity contribution is 5.81. The third-order valence-electron chi connectivity index (χ3n) is 2.53. The second-order valence-corrected chi connectivity index (χ2v) is 5.14. The molecule has 1 unspecified atom stereocenters. The van der Waals surface area contributed by atoms with Gasteiger partial charge in [-0.15, -0.1) is 0 Å². The van der Waals surface area contributed by atoms with Gasteiger partial charge < -0.3 is 5.32 Å². The Labute approximate surface area is 97.3 Å². The summed E-state index contributed by atoms with van der Waals surface area (Å²) in [5.41, 5.74) is 0.877. The van der Waals surface area contributed by atoms with Crippen molar-refractivity contribution >= 4 is 5.91 Å². The number of pyridine rings is 1. The Kier molecular flexibility index (Phi) is 4.05. The number of aromatic nitrogens is 1. The third kappa shape index (κ3) is 3.65. The number of rotatable bonds is 3. The lowest BCUT2D eigenvalue weighted by Crippen LogP contribution is -2.36. The molecular formula is C13H20N2O. The Morgan fingerprint density at radius 3 is 2.44 bits per heavy atom. The zero-order chi connectivity index (χ0) is 12.2. The molecule has 0 aliphatic rings. The van der Waals surface area contributed by atoms with Crippen LogP contribution in [0.1, 0.15) is 39.2 Å². The summed E-state index contributed by atoms with van der Waals surface area (Å²) in [6.07, 6.45) is 3.55. The smallest absolute Gasteiger partial charge is 0.225 e. The van der Waals surface area contributed by atoms with Gasteiger partial charge in [0.1, 0.15) is 0 Å². The van der Waals surface area contributed by atoms with E-state index in [1.807, 2.05) is 32.9 Å². The second-order valence-electron chi connectivity index (χ2n) is 5.14. The van der Waals surface area contributed by atoms with E-state index in [-0.39, 0.29) is 11.3 Å². The molecule has 0 radical (unpaired) electrons. The fourth-order valence-corrected chi connectivity index (χ4v) is 1.32. The SMILES string of the molecule is CC(CNC(=O)C(C)(C)C)c1ccncc1. The topological polar surface area (TPSA) is 42.0 Å². The van der Waals surface area contributed by atoms with E-state index in [0.717, 1.165) is 0 Å². The number of hydrogen-bond acceptors (Lipinski definition) is 2. The van der Waals surface area contributed by atoms with Crippen LogP contribution in [0, 0.1) is 5.41 Å². The summed E-state index contributed by atoms with van der Waals surface area (Å²) in [6.45, 7) is 8.51. The van der Waals surface area contributed by atoms with Gasteiger partial charge in [-0.3, -0.25) is 9.78 Å². The summed E-state index contributed by atoms with van der Waals surface area (Å²) < 4.78 is 0. The Morgan fingerprint density at radius 1 is 1.38 bits per heavy atom. The van der Waals surface area contributed by atoms with Crippen LogP contribution in [-0.4, -0.2) is 17.4 Å². The van der Waals surface area contributed by atoms with Crippen LogP contribution < -0.4 is 5.32 Å². The summed E-state index contributed by atoms with van der Waals surface area (Å²) in [7, 11) is 0. The van der Waals surface area contributed by atoms with Crippen LogP contribution in [0.25, 0.3) is 0 Å². The van der Waals surface area contributed by atoms with E-state index in [1.54, 1.807) is 12.4 Å². The third-order valence-corrected chi connectivity index (χ3v) is 2.53. The molecule has 1 rings (SSSR count). The number of carbonyl (C=O) groups is 1. The first-order valence-corrected chi connectivity index (χ1v) is 5.59. The first-order valence-electron chi connectivity index (χ1n) is 5.59. The van der Waals surface area contributed by atoms with Crippen molar-refractivity contribution in [1.29, 1.82) is 0 Å². The summed E-state index contributed by atoms with van der Waals surface area (Å²) >= 11 is 0. The number of carbonyl (C=O) groups excluding carboxylic acids is 1. The number of nitrogens with zero attached hydrogens (tertiary/aromatic N) is 1. The van der Waals surface area contributed by atoms with Gasteiger partial charge in [0.25, 0.3) is 0 Å². The lowest BCUT2D eigenvalue weighted by molar-refractivity contribution is -0.128. The van der Waals surface area contributed by atoms with Gasteiger partial charge >= 0.3 is 0 Å². The molecule has 0 saturated heterocycles. The zero-order valence-electron chi connectivity index (χ0n) is 10.4. The van der Waals surface area contributed by atoms with Gasteiger partial charge in [-0.25, -0.2) is 0 Å². The number of hydrogen-bond donors (Lipinski definition) is 1. The van der Waals surface area contributed by atoms with Crippen molar-refractivity contribution in [2.45, 2.75) is 33.6 Å². The van der Waals surface area contributed by atoms with E-state index in [2.05, 4.69) is 17.2 Å². The van der Waals surface area contributed by atoms with Gasteiger partial charge in [0.2, 0.25) is 5.91 Å². The maximum Gasteiger partial charge on any atom is 0.225 e. The van der Waals surface area contributed by atoms with Gasteiger partial charge in [-0.2, -0.15) is 0 Å². The lowest BCUT2D eigenvalue weighted by atomic mass is 9.95. The summed E-state index contributed by atoms with van der Waals surface area (Å²) in [4.78, 5) is 15.7.